The number of hydrogen-bond donors (Lipinski definition) is 1. The number of hydrogen-bond acceptors (Lipinski definition) is 4. The maximum Gasteiger partial charge on any atom is 0.213 e. The highest BCUT2D eigenvalue weighted by Crippen LogP contribution is 2.11. The zero-order valence-electron chi connectivity index (χ0n) is 8.08. The molecule has 0 radical (unpaired) electrons. The van der Waals surface area contributed by atoms with Crippen LogP contribution in [0, 0.1) is 0 Å². The second-order valence-corrected chi connectivity index (χ2v) is 3.00. The summed E-state index contributed by atoms with van der Waals surface area (Å²) in [6, 6.07) is 3.17. The highest BCUT2D eigenvalue weighted by atomic mass is 16.5. The minimum Gasteiger partial charge on any atom is -0.506 e. The summed E-state index contributed by atoms with van der Waals surface area (Å²) in [4.78, 5) is 7.82. The van der Waals surface area contributed by atoms with Crippen LogP contribution in [0.15, 0.2) is 37.1 Å². The Morgan fingerprint density at radius 3 is 3.00 bits per heavy atom. The largest absolute Gasteiger partial charge is 0.506 e. The molecular formula is C10H11N3O2. The normalized spacial score (nSPS) is 10.1. The molecule has 0 saturated heterocycles. The Bertz CT molecular complexity index is 397. The smallest absolute Gasteiger partial charge is 0.213 e. The van der Waals surface area contributed by atoms with Crippen LogP contribution in [0.2, 0.25) is 0 Å². The first kappa shape index (κ1) is 9.51. The van der Waals surface area contributed by atoms with Gasteiger partial charge in [0.25, 0.3) is 0 Å². The molecule has 0 aliphatic rings. The third-order valence-corrected chi connectivity index (χ3v) is 1.88. The number of nitrogens with zero attached hydrogens (tertiary/aromatic N) is 3. The first-order valence-corrected chi connectivity index (χ1v) is 4.58. The molecule has 15 heavy (non-hydrogen) atoms. The molecule has 0 fully saturated rings. The highest BCUT2D eigenvalue weighted by molar-refractivity contribution is 5.21. The highest BCUT2D eigenvalue weighted by Gasteiger charge is 1.95. The lowest BCUT2D eigenvalue weighted by Crippen LogP contribution is -2.06. The summed E-state index contributed by atoms with van der Waals surface area (Å²) in [5, 5.41) is 9.00. The zero-order valence-corrected chi connectivity index (χ0v) is 8.08. The van der Waals surface area contributed by atoms with E-state index in [9.17, 15) is 0 Å². The van der Waals surface area contributed by atoms with E-state index in [-0.39, 0.29) is 5.75 Å². The SMILES string of the molecule is Oc1ccc(OCCn2ccnc2)nc1. The summed E-state index contributed by atoms with van der Waals surface area (Å²) in [5.74, 6) is 0.643. The van der Waals surface area contributed by atoms with Crippen molar-refractivity contribution < 1.29 is 9.84 Å². The van der Waals surface area contributed by atoms with E-state index in [1.165, 1.54) is 6.20 Å². The van der Waals surface area contributed by atoms with Crippen molar-refractivity contribution in [3.05, 3.63) is 37.1 Å². The van der Waals surface area contributed by atoms with Crippen LogP contribution in [0.5, 0.6) is 11.6 Å². The van der Waals surface area contributed by atoms with Crippen LogP contribution in [-0.4, -0.2) is 26.2 Å². The van der Waals surface area contributed by atoms with Gasteiger partial charge in [-0.3, -0.25) is 0 Å². The fourth-order valence-electron chi connectivity index (χ4n) is 1.13. The lowest BCUT2D eigenvalue weighted by Gasteiger charge is -2.05. The molecule has 2 rings (SSSR count). The predicted octanol–water partition coefficient (Wildman–Crippen LogP) is 1.06. The van der Waals surface area contributed by atoms with Gasteiger partial charge in [-0.1, -0.05) is 0 Å². The number of pyridine rings is 1. The van der Waals surface area contributed by atoms with E-state index in [1.807, 2.05) is 10.8 Å². The Morgan fingerprint density at radius 1 is 1.40 bits per heavy atom. The molecule has 0 aliphatic carbocycles. The van der Waals surface area contributed by atoms with Gasteiger partial charge in [-0.2, -0.15) is 0 Å². The Hall–Kier alpha value is -2.04. The third-order valence-electron chi connectivity index (χ3n) is 1.88. The molecule has 1 N–H and O–H groups in total. The van der Waals surface area contributed by atoms with Crippen LogP contribution in [0.4, 0.5) is 0 Å². The summed E-state index contributed by atoms with van der Waals surface area (Å²) in [7, 11) is 0. The maximum atomic E-state index is 9.00. The van der Waals surface area contributed by atoms with Crippen molar-refractivity contribution in [3.8, 4) is 11.6 Å². The van der Waals surface area contributed by atoms with E-state index in [0.717, 1.165) is 6.54 Å². The Kier molecular flexibility index (Phi) is 2.82. The number of aromatic nitrogens is 3. The van der Waals surface area contributed by atoms with Gasteiger partial charge in [-0.15, -0.1) is 0 Å². The summed E-state index contributed by atoms with van der Waals surface area (Å²) < 4.78 is 7.28. The number of aromatic hydroxyl groups is 1. The van der Waals surface area contributed by atoms with Gasteiger partial charge in [0.1, 0.15) is 12.4 Å². The summed E-state index contributed by atoms with van der Waals surface area (Å²) >= 11 is 0. The second kappa shape index (κ2) is 4.45. The molecule has 5 nitrogen and oxygen atoms in total. The average Bonchev–Trinajstić information content (AvgIpc) is 2.74. The van der Waals surface area contributed by atoms with Gasteiger partial charge >= 0.3 is 0 Å². The second-order valence-electron chi connectivity index (χ2n) is 3.00. The molecule has 0 bridgehead atoms. The topological polar surface area (TPSA) is 60.2 Å². The van der Waals surface area contributed by atoms with Crippen molar-refractivity contribution in [3.63, 3.8) is 0 Å². The average molecular weight is 205 g/mol. The van der Waals surface area contributed by atoms with Crippen LogP contribution in [0.3, 0.4) is 0 Å². The third kappa shape index (κ3) is 2.70. The Labute approximate surface area is 87.0 Å². The Morgan fingerprint density at radius 2 is 2.33 bits per heavy atom. The minimum atomic E-state index is 0.136. The summed E-state index contributed by atoms with van der Waals surface area (Å²) in [6.07, 6.45) is 6.67. The van der Waals surface area contributed by atoms with Gasteiger partial charge in [0.05, 0.1) is 19.1 Å². The van der Waals surface area contributed by atoms with Crippen molar-refractivity contribution >= 4 is 0 Å². The monoisotopic (exact) mass is 205 g/mol. The molecule has 78 valence electrons. The van der Waals surface area contributed by atoms with Crippen LogP contribution >= 0.6 is 0 Å². The molecule has 0 aliphatic heterocycles. The van der Waals surface area contributed by atoms with Crippen molar-refractivity contribution in [1.82, 2.24) is 14.5 Å². The van der Waals surface area contributed by atoms with E-state index in [2.05, 4.69) is 9.97 Å². The van der Waals surface area contributed by atoms with E-state index in [4.69, 9.17) is 9.84 Å². The molecule has 0 atom stereocenters. The van der Waals surface area contributed by atoms with Crippen LogP contribution < -0.4 is 4.74 Å². The number of imidazole rings is 1. The molecule has 0 saturated carbocycles. The van der Waals surface area contributed by atoms with Crippen molar-refractivity contribution in [1.29, 1.82) is 0 Å². The van der Waals surface area contributed by atoms with Crippen LogP contribution in [-0.2, 0) is 6.54 Å². The fourth-order valence-corrected chi connectivity index (χ4v) is 1.13. The molecule has 2 heterocycles. The van der Waals surface area contributed by atoms with Crippen LogP contribution in [0.25, 0.3) is 0 Å². The Balaban J connectivity index is 1.81. The zero-order chi connectivity index (χ0) is 10.5. The minimum absolute atomic E-state index is 0.136. The number of rotatable bonds is 4. The van der Waals surface area contributed by atoms with Crippen LogP contribution in [0.1, 0.15) is 0 Å². The first-order valence-electron chi connectivity index (χ1n) is 4.58. The predicted molar refractivity (Wildman–Crippen MR) is 53.6 cm³/mol. The van der Waals surface area contributed by atoms with Gasteiger partial charge in [0, 0.05) is 18.5 Å². The lowest BCUT2D eigenvalue weighted by atomic mass is 10.4. The van der Waals surface area contributed by atoms with Gasteiger partial charge < -0.3 is 14.4 Å². The van der Waals surface area contributed by atoms with Gasteiger partial charge in [-0.05, 0) is 6.07 Å². The quantitative estimate of drug-likeness (QED) is 0.810. The molecule has 0 aromatic carbocycles. The molecule has 5 heteroatoms. The van der Waals surface area contributed by atoms with E-state index in [0.29, 0.717) is 12.5 Å². The molecule has 0 unspecified atom stereocenters. The van der Waals surface area contributed by atoms with E-state index >= 15 is 0 Å². The van der Waals surface area contributed by atoms with Crippen molar-refractivity contribution in [2.24, 2.45) is 0 Å². The van der Waals surface area contributed by atoms with E-state index in [1.54, 1.807) is 24.7 Å². The standard InChI is InChI=1S/C10H11N3O2/c14-9-1-2-10(12-7-9)15-6-5-13-4-3-11-8-13/h1-4,7-8,14H,5-6H2. The van der Waals surface area contributed by atoms with Gasteiger partial charge in [0.15, 0.2) is 0 Å². The van der Waals surface area contributed by atoms with Gasteiger partial charge in [-0.25, -0.2) is 9.97 Å². The molecule has 2 aromatic heterocycles. The summed E-state index contributed by atoms with van der Waals surface area (Å²) in [6.45, 7) is 1.25. The molecular weight excluding hydrogens is 194 g/mol. The first-order chi connectivity index (χ1) is 7.34. The maximum absolute atomic E-state index is 9.00. The molecule has 2 aromatic rings. The van der Waals surface area contributed by atoms with Crippen molar-refractivity contribution in [2.75, 3.05) is 6.61 Å². The van der Waals surface area contributed by atoms with Gasteiger partial charge in [0.2, 0.25) is 5.88 Å². The lowest BCUT2D eigenvalue weighted by molar-refractivity contribution is 0.286. The number of ether oxygens (including phenoxy) is 1. The molecule has 0 amide bonds. The van der Waals surface area contributed by atoms with Crippen molar-refractivity contribution in [2.45, 2.75) is 6.54 Å². The van der Waals surface area contributed by atoms with E-state index < -0.39 is 0 Å². The molecule has 0 spiro atoms. The summed E-state index contributed by atoms with van der Waals surface area (Å²) in [5.41, 5.74) is 0. The fraction of sp³-hybridized carbons (Fsp3) is 0.200.